The van der Waals surface area contributed by atoms with E-state index in [0.717, 1.165) is 44.8 Å². The average Bonchev–Trinajstić information content (AvgIpc) is 3.14. The Bertz CT molecular complexity index is 655. The van der Waals surface area contributed by atoms with E-state index in [1.165, 1.54) is 0 Å². The zero-order valence-electron chi connectivity index (χ0n) is 14.2. The van der Waals surface area contributed by atoms with Crippen molar-refractivity contribution >= 4 is 5.91 Å². The summed E-state index contributed by atoms with van der Waals surface area (Å²) in [6, 6.07) is 3.68. The van der Waals surface area contributed by atoms with E-state index >= 15 is 0 Å². The van der Waals surface area contributed by atoms with Crippen LogP contribution in [0.15, 0.2) is 29.0 Å². The number of morpholine rings is 1. The van der Waals surface area contributed by atoms with E-state index < -0.39 is 0 Å². The fourth-order valence-corrected chi connectivity index (χ4v) is 2.63. The van der Waals surface area contributed by atoms with Gasteiger partial charge in [-0.15, -0.1) is 0 Å². The molecule has 1 amide bonds. The smallest absolute Gasteiger partial charge is 0.227 e. The predicted octanol–water partition coefficient (Wildman–Crippen LogP) is 0.903. The number of rotatable bonds is 8. The Morgan fingerprint density at radius 3 is 3.00 bits per heavy atom. The summed E-state index contributed by atoms with van der Waals surface area (Å²) in [5.41, 5.74) is 0.796. The number of nitrogens with zero attached hydrogens (tertiary/aromatic N) is 4. The summed E-state index contributed by atoms with van der Waals surface area (Å²) in [5.74, 6) is 0.958. The molecule has 0 aliphatic carbocycles. The van der Waals surface area contributed by atoms with Crippen molar-refractivity contribution in [3.8, 4) is 11.4 Å². The fourth-order valence-electron chi connectivity index (χ4n) is 2.63. The van der Waals surface area contributed by atoms with Crippen molar-refractivity contribution in [2.24, 2.45) is 0 Å². The molecule has 1 fully saturated rings. The topological polar surface area (TPSA) is 93.4 Å². The maximum Gasteiger partial charge on any atom is 0.227 e. The highest BCUT2D eigenvalue weighted by Crippen LogP contribution is 2.14. The van der Waals surface area contributed by atoms with Crippen molar-refractivity contribution in [3.63, 3.8) is 0 Å². The molecule has 8 heteroatoms. The molecule has 2 aromatic heterocycles. The second kappa shape index (κ2) is 9.24. The van der Waals surface area contributed by atoms with Gasteiger partial charge in [-0.25, -0.2) is 0 Å². The summed E-state index contributed by atoms with van der Waals surface area (Å²) in [6.45, 7) is 5.23. The molecule has 1 N–H and O–H groups in total. The number of pyridine rings is 1. The molecule has 2 aromatic rings. The number of aromatic nitrogens is 3. The van der Waals surface area contributed by atoms with Crippen LogP contribution in [0.3, 0.4) is 0 Å². The number of carbonyl (C=O) groups excluding carboxylic acids is 1. The summed E-state index contributed by atoms with van der Waals surface area (Å²) in [4.78, 5) is 22.6. The molecule has 3 rings (SSSR count). The van der Waals surface area contributed by atoms with Crippen LogP contribution >= 0.6 is 0 Å². The highest BCUT2D eigenvalue weighted by molar-refractivity contribution is 5.75. The monoisotopic (exact) mass is 345 g/mol. The SMILES string of the molecule is O=C(CCc1nc(-c2cccnc2)no1)NCCCN1CCOCC1. The van der Waals surface area contributed by atoms with Crippen molar-refractivity contribution in [1.82, 2.24) is 25.3 Å². The highest BCUT2D eigenvalue weighted by atomic mass is 16.5. The average molecular weight is 345 g/mol. The van der Waals surface area contributed by atoms with Crippen LogP contribution in [-0.4, -0.2) is 65.3 Å². The lowest BCUT2D eigenvalue weighted by atomic mass is 10.2. The van der Waals surface area contributed by atoms with Gasteiger partial charge in [-0.2, -0.15) is 4.98 Å². The zero-order valence-corrected chi connectivity index (χ0v) is 14.2. The van der Waals surface area contributed by atoms with E-state index in [1.54, 1.807) is 12.4 Å². The van der Waals surface area contributed by atoms with Crippen molar-refractivity contribution < 1.29 is 14.1 Å². The minimum atomic E-state index is 0.00288. The van der Waals surface area contributed by atoms with Gasteiger partial charge in [0, 0.05) is 50.4 Å². The minimum absolute atomic E-state index is 0.00288. The minimum Gasteiger partial charge on any atom is -0.379 e. The van der Waals surface area contributed by atoms with Crippen LogP contribution in [0.5, 0.6) is 0 Å². The Balaban J connectivity index is 1.33. The number of nitrogens with one attached hydrogen (secondary N) is 1. The molecule has 0 spiro atoms. The van der Waals surface area contributed by atoms with Crippen molar-refractivity contribution in [3.05, 3.63) is 30.4 Å². The van der Waals surface area contributed by atoms with E-state index in [-0.39, 0.29) is 5.91 Å². The van der Waals surface area contributed by atoms with Crippen LogP contribution in [-0.2, 0) is 16.0 Å². The lowest BCUT2D eigenvalue weighted by Gasteiger charge is -2.26. The molecule has 1 saturated heterocycles. The van der Waals surface area contributed by atoms with Crippen molar-refractivity contribution in [2.75, 3.05) is 39.4 Å². The zero-order chi connectivity index (χ0) is 17.3. The summed E-state index contributed by atoms with van der Waals surface area (Å²) >= 11 is 0. The standard InChI is InChI=1S/C17H23N5O3/c23-15(19-7-2-8-22-9-11-24-12-10-22)4-5-16-20-17(21-25-16)14-3-1-6-18-13-14/h1,3,6,13H,2,4-5,7-12H2,(H,19,23). The summed E-state index contributed by atoms with van der Waals surface area (Å²) < 4.78 is 10.5. The van der Waals surface area contributed by atoms with Crippen molar-refractivity contribution in [2.45, 2.75) is 19.3 Å². The van der Waals surface area contributed by atoms with E-state index in [1.807, 2.05) is 12.1 Å². The van der Waals surface area contributed by atoms with Gasteiger partial charge in [0.05, 0.1) is 13.2 Å². The van der Waals surface area contributed by atoms with Crippen molar-refractivity contribution in [1.29, 1.82) is 0 Å². The first-order valence-corrected chi connectivity index (χ1v) is 8.61. The molecular weight excluding hydrogens is 322 g/mol. The van der Waals surface area contributed by atoms with Gasteiger partial charge in [0.1, 0.15) is 0 Å². The predicted molar refractivity (Wildman–Crippen MR) is 90.7 cm³/mol. The molecule has 0 saturated carbocycles. The number of aryl methyl sites for hydroxylation is 1. The van der Waals surface area contributed by atoms with E-state index in [0.29, 0.717) is 31.1 Å². The number of hydrogen-bond acceptors (Lipinski definition) is 7. The first-order valence-electron chi connectivity index (χ1n) is 8.61. The molecule has 0 atom stereocenters. The summed E-state index contributed by atoms with van der Waals surface area (Å²) in [5, 5.41) is 6.85. The first kappa shape index (κ1) is 17.5. The second-order valence-corrected chi connectivity index (χ2v) is 5.91. The largest absolute Gasteiger partial charge is 0.379 e. The van der Waals surface area contributed by atoms with Crippen LogP contribution in [0, 0.1) is 0 Å². The Morgan fingerprint density at radius 2 is 2.20 bits per heavy atom. The molecule has 3 heterocycles. The van der Waals surface area contributed by atoms with E-state index in [4.69, 9.17) is 9.26 Å². The quantitative estimate of drug-likeness (QED) is 0.711. The summed E-state index contributed by atoms with van der Waals surface area (Å²) in [7, 11) is 0. The van der Waals surface area contributed by atoms with Gasteiger partial charge in [-0.1, -0.05) is 5.16 Å². The second-order valence-electron chi connectivity index (χ2n) is 5.91. The third-order valence-corrected chi connectivity index (χ3v) is 4.03. The fraction of sp³-hybridized carbons (Fsp3) is 0.529. The number of carbonyl (C=O) groups is 1. The molecule has 134 valence electrons. The Morgan fingerprint density at radius 1 is 1.32 bits per heavy atom. The molecule has 0 unspecified atom stereocenters. The first-order chi connectivity index (χ1) is 12.3. The van der Waals surface area contributed by atoms with Gasteiger partial charge in [-0.3, -0.25) is 14.7 Å². The Labute approximate surface area is 146 Å². The molecule has 0 radical (unpaired) electrons. The Kier molecular flexibility index (Phi) is 6.47. The number of amides is 1. The molecule has 0 bridgehead atoms. The van der Waals surface area contributed by atoms with Gasteiger partial charge < -0.3 is 14.6 Å². The molecule has 1 aliphatic rings. The molecule has 0 aromatic carbocycles. The van der Waals surface area contributed by atoms with E-state index in [2.05, 4.69) is 25.3 Å². The number of ether oxygens (including phenoxy) is 1. The van der Waals surface area contributed by atoms with Gasteiger partial charge in [0.25, 0.3) is 0 Å². The highest BCUT2D eigenvalue weighted by Gasteiger charge is 2.12. The lowest BCUT2D eigenvalue weighted by Crippen LogP contribution is -2.38. The third kappa shape index (κ3) is 5.61. The molecule has 1 aliphatic heterocycles. The van der Waals surface area contributed by atoms with Crippen LogP contribution < -0.4 is 5.32 Å². The number of hydrogen-bond donors (Lipinski definition) is 1. The van der Waals surface area contributed by atoms with Crippen LogP contribution in [0.4, 0.5) is 0 Å². The maximum absolute atomic E-state index is 11.9. The van der Waals surface area contributed by atoms with Gasteiger partial charge in [-0.05, 0) is 25.1 Å². The van der Waals surface area contributed by atoms with Gasteiger partial charge in [0.15, 0.2) is 0 Å². The third-order valence-electron chi connectivity index (χ3n) is 4.03. The molecule has 25 heavy (non-hydrogen) atoms. The van der Waals surface area contributed by atoms with Crippen LogP contribution in [0.2, 0.25) is 0 Å². The van der Waals surface area contributed by atoms with Crippen LogP contribution in [0.25, 0.3) is 11.4 Å². The normalized spacial score (nSPS) is 15.2. The van der Waals surface area contributed by atoms with Gasteiger partial charge >= 0.3 is 0 Å². The Hall–Kier alpha value is -2.32. The molecule has 8 nitrogen and oxygen atoms in total. The van der Waals surface area contributed by atoms with Crippen LogP contribution in [0.1, 0.15) is 18.7 Å². The molecular formula is C17H23N5O3. The van der Waals surface area contributed by atoms with Gasteiger partial charge in [0.2, 0.25) is 17.6 Å². The lowest BCUT2D eigenvalue weighted by molar-refractivity contribution is -0.121. The van der Waals surface area contributed by atoms with E-state index in [9.17, 15) is 4.79 Å². The summed E-state index contributed by atoms with van der Waals surface area (Å²) in [6.07, 6.45) is 5.08. The maximum atomic E-state index is 11.9.